The van der Waals surface area contributed by atoms with Crippen LogP contribution in [0.1, 0.15) is 33.7 Å². The van der Waals surface area contributed by atoms with Crippen LogP contribution in [0.5, 0.6) is 0 Å². The average molecular weight is 286 g/mol. The Morgan fingerprint density at radius 2 is 2.00 bits per heavy atom. The van der Waals surface area contributed by atoms with E-state index < -0.39 is 0 Å². The standard InChI is InChI=1S/C16H22N4O/c1-11(15(21)19-16(2,3)4)20-10-12(9-18-20)13-7-5-6-8-14(13)17/h5-11H,17H2,1-4H3,(H,19,21). The van der Waals surface area contributed by atoms with E-state index in [-0.39, 0.29) is 17.5 Å². The molecule has 1 aromatic carbocycles. The molecule has 112 valence electrons. The van der Waals surface area contributed by atoms with E-state index in [2.05, 4.69) is 10.4 Å². The number of benzene rings is 1. The molecule has 0 aliphatic heterocycles. The molecule has 1 amide bonds. The lowest BCUT2D eigenvalue weighted by molar-refractivity contribution is -0.125. The van der Waals surface area contributed by atoms with Gasteiger partial charge in [0.15, 0.2) is 0 Å². The van der Waals surface area contributed by atoms with Crippen LogP contribution >= 0.6 is 0 Å². The second-order valence-corrected chi connectivity index (χ2v) is 6.21. The molecular formula is C16H22N4O. The van der Waals surface area contributed by atoms with Crippen molar-refractivity contribution < 1.29 is 4.79 Å². The Balaban J connectivity index is 2.20. The molecule has 1 atom stereocenters. The van der Waals surface area contributed by atoms with Gasteiger partial charge in [-0.25, -0.2) is 0 Å². The van der Waals surface area contributed by atoms with Crippen molar-refractivity contribution in [2.45, 2.75) is 39.3 Å². The third-order valence-corrected chi connectivity index (χ3v) is 3.15. The Morgan fingerprint density at radius 3 is 2.62 bits per heavy atom. The molecule has 0 saturated heterocycles. The summed E-state index contributed by atoms with van der Waals surface area (Å²) in [6.07, 6.45) is 3.57. The van der Waals surface area contributed by atoms with Crippen LogP contribution in [0.2, 0.25) is 0 Å². The van der Waals surface area contributed by atoms with Gasteiger partial charge in [0, 0.05) is 28.6 Å². The Hall–Kier alpha value is -2.30. The predicted molar refractivity (Wildman–Crippen MR) is 84.7 cm³/mol. The van der Waals surface area contributed by atoms with Gasteiger partial charge in [0.1, 0.15) is 6.04 Å². The maximum absolute atomic E-state index is 12.2. The molecule has 1 heterocycles. The van der Waals surface area contributed by atoms with Gasteiger partial charge < -0.3 is 11.1 Å². The number of aromatic nitrogens is 2. The van der Waals surface area contributed by atoms with Crippen molar-refractivity contribution in [3.8, 4) is 11.1 Å². The first kappa shape index (κ1) is 15.1. The van der Waals surface area contributed by atoms with Crippen LogP contribution in [-0.4, -0.2) is 21.2 Å². The van der Waals surface area contributed by atoms with Crippen molar-refractivity contribution in [1.29, 1.82) is 0 Å². The highest BCUT2D eigenvalue weighted by molar-refractivity contribution is 5.81. The average Bonchev–Trinajstić information content (AvgIpc) is 2.85. The second-order valence-electron chi connectivity index (χ2n) is 6.21. The molecule has 5 nitrogen and oxygen atoms in total. The minimum atomic E-state index is -0.372. The van der Waals surface area contributed by atoms with Crippen molar-refractivity contribution in [3.63, 3.8) is 0 Å². The molecule has 0 fully saturated rings. The number of anilines is 1. The zero-order chi connectivity index (χ0) is 15.6. The van der Waals surface area contributed by atoms with Crippen molar-refractivity contribution in [2.24, 2.45) is 0 Å². The van der Waals surface area contributed by atoms with Crippen LogP contribution in [0, 0.1) is 0 Å². The lowest BCUT2D eigenvalue weighted by Gasteiger charge is -2.23. The number of nitrogen functional groups attached to an aromatic ring is 1. The van der Waals surface area contributed by atoms with Crippen LogP contribution in [0.4, 0.5) is 5.69 Å². The van der Waals surface area contributed by atoms with Gasteiger partial charge in [0.25, 0.3) is 0 Å². The molecule has 0 aliphatic rings. The van der Waals surface area contributed by atoms with Gasteiger partial charge in [-0.15, -0.1) is 0 Å². The van der Waals surface area contributed by atoms with E-state index in [1.165, 1.54) is 0 Å². The van der Waals surface area contributed by atoms with Crippen LogP contribution < -0.4 is 11.1 Å². The van der Waals surface area contributed by atoms with E-state index in [0.717, 1.165) is 11.1 Å². The molecule has 0 spiro atoms. The Labute approximate surface area is 125 Å². The number of hydrogen-bond donors (Lipinski definition) is 2. The maximum Gasteiger partial charge on any atom is 0.244 e. The molecule has 1 unspecified atom stereocenters. The summed E-state index contributed by atoms with van der Waals surface area (Å²) in [5, 5.41) is 7.24. The number of carbonyl (C=O) groups excluding carboxylic acids is 1. The van der Waals surface area contributed by atoms with E-state index in [0.29, 0.717) is 5.69 Å². The molecule has 1 aromatic heterocycles. The highest BCUT2D eigenvalue weighted by atomic mass is 16.2. The van der Waals surface area contributed by atoms with Crippen molar-refractivity contribution >= 4 is 11.6 Å². The minimum absolute atomic E-state index is 0.0572. The Bertz CT molecular complexity index is 640. The number of para-hydroxylation sites is 1. The second kappa shape index (κ2) is 5.60. The molecule has 0 radical (unpaired) electrons. The molecule has 0 saturated carbocycles. The highest BCUT2D eigenvalue weighted by Gasteiger charge is 2.21. The lowest BCUT2D eigenvalue weighted by Crippen LogP contribution is -2.43. The van der Waals surface area contributed by atoms with E-state index in [4.69, 9.17) is 5.73 Å². The number of amides is 1. The fourth-order valence-electron chi connectivity index (χ4n) is 2.04. The summed E-state index contributed by atoms with van der Waals surface area (Å²) < 4.78 is 1.66. The number of hydrogen-bond acceptors (Lipinski definition) is 3. The van der Waals surface area contributed by atoms with E-state index in [1.54, 1.807) is 10.9 Å². The topological polar surface area (TPSA) is 72.9 Å². The minimum Gasteiger partial charge on any atom is -0.398 e. The van der Waals surface area contributed by atoms with Gasteiger partial charge in [-0.1, -0.05) is 18.2 Å². The van der Waals surface area contributed by atoms with E-state index in [9.17, 15) is 4.79 Å². The van der Waals surface area contributed by atoms with Gasteiger partial charge in [0.2, 0.25) is 5.91 Å². The molecule has 21 heavy (non-hydrogen) atoms. The van der Waals surface area contributed by atoms with Crippen LogP contribution in [-0.2, 0) is 4.79 Å². The fraction of sp³-hybridized carbons (Fsp3) is 0.375. The number of rotatable bonds is 3. The molecule has 2 rings (SSSR count). The van der Waals surface area contributed by atoms with Gasteiger partial charge in [0.05, 0.1) is 6.20 Å². The molecular weight excluding hydrogens is 264 g/mol. The molecule has 3 N–H and O–H groups in total. The smallest absolute Gasteiger partial charge is 0.244 e. The number of carbonyl (C=O) groups is 1. The van der Waals surface area contributed by atoms with Crippen molar-refractivity contribution in [1.82, 2.24) is 15.1 Å². The first-order chi connectivity index (χ1) is 9.78. The molecule has 0 bridgehead atoms. The molecule has 2 aromatic rings. The quantitative estimate of drug-likeness (QED) is 0.852. The van der Waals surface area contributed by atoms with Crippen LogP contribution in [0.3, 0.4) is 0 Å². The first-order valence-corrected chi connectivity index (χ1v) is 6.99. The lowest BCUT2D eigenvalue weighted by atomic mass is 10.1. The van der Waals surface area contributed by atoms with Crippen molar-refractivity contribution in [3.05, 3.63) is 36.7 Å². The number of nitrogens with zero attached hydrogens (tertiary/aromatic N) is 2. The Kier molecular flexibility index (Phi) is 4.02. The normalized spacial score (nSPS) is 13.0. The van der Waals surface area contributed by atoms with Gasteiger partial charge in [-0.05, 0) is 33.8 Å². The summed E-state index contributed by atoms with van der Waals surface area (Å²) in [7, 11) is 0. The van der Waals surface area contributed by atoms with E-state index in [1.807, 2.05) is 58.2 Å². The summed E-state index contributed by atoms with van der Waals surface area (Å²) in [5.74, 6) is -0.0572. The summed E-state index contributed by atoms with van der Waals surface area (Å²) in [6, 6.07) is 7.24. The zero-order valence-electron chi connectivity index (χ0n) is 12.9. The third-order valence-electron chi connectivity index (χ3n) is 3.15. The predicted octanol–water partition coefficient (Wildman–Crippen LogP) is 2.61. The third kappa shape index (κ3) is 3.62. The summed E-state index contributed by atoms with van der Waals surface area (Å²) >= 11 is 0. The number of nitrogens with one attached hydrogen (secondary N) is 1. The molecule has 0 aliphatic carbocycles. The fourth-order valence-corrected chi connectivity index (χ4v) is 2.04. The van der Waals surface area contributed by atoms with Crippen LogP contribution in [0.25, 0.3) is 11.1 Å². The summed E-state index contributed by atoms with van der Waals surface area (Å²) in [5.41, 5.74) is 8.23. The molecule has 5 heteroatoms. The van der Waals surface area contributed by atoms with Crippen LogP contribution in [0.15, 0.2) is 36.7 Å². The number of nitrogens with two attached hydrogens (primary N) is 1. The SMILES string of the molecule is CC(C(=O)NC(C)(C)C)n1cc(-c2ccccc2N)cn1. The first-order valence-electron chi connectivity index (χ1n) is 6.99. The zero-order valence-corrected chi connectivity index (χ0v) is 12.9. The Morgan fingerprint density at radius 1 is 1.33 bits per heavy atom. The van der Waals surface area contributed by atoms with Gasteiger partial charge in [-0.3, -0.25) is 9.48 Å². The largest absolute Gasteiger partial charge is 0.398 e. The highest BCUT2D eigenvalue weighted by Crippen LogP contribution is 2.25. The van der Waals surface area contributed by atoms with Gasteiger partial charge in [-0.2, -0.15) is 5.10 Å². The van der Waals surface area contributed by atoms with E-state index >= 15 is 0 Å². The van der Waals surface area contributed by atoms with Gasteiger partial charge >= 0.3 is 0 Å². The van der Waals surface area contributed by atoms with Crippen molar-refractivity contribution in [2.75, 3.05) is 5.73 Å². The maximum atomic E-state index is 12.2. The summed E-state index contributed by atoms with van der Waals surface area (Å²) in [4.78, 5) is 12.2. The summed E-state index contributed by atoms with van der Waals surface area (Å²) in [6.45, 7) is 7.69. The monoisotopic (exact) mass is 286 g/mol.